The van der Waals surface area contributed by atoms with E-state index < -0.39 is 0 Å². The summed E-state index contributed by atoms with van der Waals surface area (Å²) >= 11 is 8.22. The lowest BCUT2D eigenvalue weighted by molar-refractivity contribution is 0.0302. The maximum absolute atomic E-state index is 12.6. The van der Waals surface area contributed by atoms with Crippen LogP contribution in [-0.4, -0.2) is 73.3 Å². The Kier molecular flexibility index (Phi) is 5.99. The van der Waals surface area contributed by atoms with Crippen LogP contribution in [0.2, 0.25) is 5.02 Å². The lowest BCUT2D eigenvalue weighted by Gasteiger charge is -2.27. The number of thiazole rings is 1. The molecule has 0 aliphatic carbocycles. The van der Waals surface area contributed by atoms with Crippen LogP contribution in [-0.2, 0) is 4.74 Å². The first-order chi connectivity index (χ1) is 13.6. The zero-order chi connectivity index (χ0) is 19.5. The van der Waals surface area contributed by atoms with Crippen LogP contribution in [0.1, 0.15) is 22.5 Å². The summed E-state index contributed by atoms with van der Waals surface area (Å²) in [6, 6.07) is 1.74. The Hall–Kier alpha value is -1.90. The Morgan fingerprint density at radius 1 is 1.14 bits per heavy atom. The SMILES string of the molecule is Cc1csc(N2CCCN(c3ncc(C(=O)N4CCOCC4)cc3Cl)CC2)n1. The number of amides is 1. The third-order valence-corrected chi connectivity index (χ3v) is 6.34. The van der Waals surface area contributed by atoms with E-state index in [2.05, 4.69) is 25.1 Å². The van der Waals surface area contributed by atoms with E-state index in [1.54, 1.807) is 28.5 Å². The maximum atomic E-state index is 12.6. The van der Waals surface area contributed by atoms with Crippen LogP contribution in [0, 0.1) is 6.92 Å². The molecule has 0 spiro atoms. The van der Waals surface area contributed by atoms with Crippen molar-refractivity contribution in [2.45, 2.75) is 13.3 Å². The van der Waals surface area contributed by atoms with Crippen molar-refractivity contribution in [3.05, 3.63) is 33.9 Å². The van der Waals surface area contributed by atoms with E-state index in [0.29, 0.717) is 36.9 Å². The van der Waals surface area contributed by atoms with Crippen LogP contribution in [0.15, 0.2) is 17.6 Å². The van der Waals surface area contributed by atoms with Crippen molar-refractivity contribution >= 4 is 39.8 Å². The molecule has 0 unspecified atom stereocenters. The standard InChI is InChI=1S/C19H24ClN5O2S/c1-14-13-28-19(22-14)25-4-2-3-23(5-6-25)17-16(20)11-15(12-21-17)18(26)24-7-9-27-10-8-24/h11-13H,2-10H2,1H3. The molecule has 0 saturated carbocycles. The van der Waals surface area contributed by atoms with Crippen molar-refractivity contribution in [2.24, 2.45) is 0 Å². The second kappa shape index (κ2) is 8.63. The minimum absolute atomic E-state index is 0.0366. The van der Waals surface area contributed by atoms with E-state index in [4.69, 9.17) is 16.3 Å². The van der Waals surface area contributed by atoms with E-state index in [9.17, 15) is 4.79 Å². The first kappa shape index (κ1) is 19.4. The minimum Gasteiger partial charge on any atom is -0.378 e. The number of hydrogen-bond acceptors (Lipinski definition) is 7. The van der Waals surface area contributed by atoms with Gasteiger partial charge >= 0.3 is 0 Å². The van der Waals surface area contributed by atoms with Crippen molar-refractivity contribution in [3.8, 4) is 0 Å². The normalized spacial score (nSPS) is 18.3. The average Bonchev–Trinajstić information content (AvgIpc) is 3.00. The fraction of sp³-hybridized carbons (Fsp3) is 0.526. The zero-order valence-corrected chi connectivity index (χ0v) is 17.5. The minimum atomic E-state index is -0.0366. The van der Waals surface area contributed by atoms with E-state index in [1.807, 2.05) is 6.92 Å². The second-order valence-electron chi connectivity index (χ2n) is 7.03. The number of ether oxygens (including phenoxy) is 1. The van der Waals surface area contributed by atoms with Gasteiger partial charge in [-0.3, -0.25) is 4.79 Å². The number of aryl methyl sites for hydroxylation is 1. The first-order valence-corrected chi connectivity index (χ1v) is 10.8. The Bertz CT molecular complexity index is 839. The Labute approximate surface area is 173 Å². The molecule has 28 heavy (non-hydrogen) atoms. The van der Waals surface area contributed by atoms with Gasteiger partial charge in [0.1, 0.15) is 5.82 Å². The third kappa shape index (κ3) is 4.24. The average molecular weight is 422 g/mol. The van der Waals surface area contributed by atoms with Gasteiger partial charge in [-0.15, -0.1) is 11.3 Å². The molecule has 0 bridgehead atoms. The monoisotopic (exact) mass is 421 g/mol. The maximum Gasteiger partial charge on any atom is 0.255 e. The molecule has 2 aliphatic rings. The number of rotatable bonds is 3. The highest BCUT2D eigenvalue weighted by Gasteiger charge is 2.23. The molecule has 4 rings (SSSR count). The van der Waals surface area contributed by atoms with Gasteiger partial charge in [-0.2, -0.15) is 0 Å². The molecule has 0 atom stereocenters. The predicted molar refractivity (Wildman–Crippen MR) is 112 cm³/mol. The van der Waals surface area contributed by atoms with Gasteiger partial charge in [-0.25, -0.2) is 9.97 Å². The highest BCUT2D eigenvalue weighted by atomic mass is 35.5. The molecule has 4 heterocycles. The van der Waals surface area contributed by atoms with E-state index in [-0.39, 0.29) is 5.91 Å². The summed E-state index contributed by atoms with van der Waals surface area (Å²) in [6.07, 6.45) is 2.65. The van der Waals surface area contributed by atoms with Gasteiger partial charge in [-0.05, 0) is 19.4 Å². The van der Waals surface area contributed by atoms with Crippen LogP contribution in [0.3, 0.4) is 0 Å². The lowest BCUT2D eigenvalue weighted by Crippen LogP contribution is -2.40. The van der Waals surface area contributed by atoms with Gasteiger partial charge in [0.25, 0.3) is 5.91 Å². The molecular formula is C19H24ClN5O2S. The molecule has 2 fully saturated rings. The molecule has 7 nitrogen and oxygen atoms in total. The Morgan fingerprint density at radius 2 is 1.89 bits per heavy atom. The number of aromatic nitrogens is 2. The Morgan fingerprint density at radius 3 is 2.61 bits per heavy atom. The van der Waals surface area contributed by atoms with Crippen LogP contribution >= 0.6 is 22.9 Å². The fourth-order valence-electron chi connectivity index (χ4n) is 3.54. The number of carbonyl (C=O) groups excluding carboxylic acids is 1. The number of carbonyl (C=O) groups is 1. The third-order valence-electron chi connectivity index (χ3n) is 5.04. The van der Waals surface area contributed by atoms with Crippen molar-refractivity contribution in [1.82, 2.24) is 14.9 Å². The van der Waals surface area contributed by atoms with Gasteiger partial charge in [0.05, 0.1) is 29.5 Å². The van der Waals surface area contributed by atoms with Gasteiger partial charge < -0.3 is 19.4 Å². The van der Waals surface area contributed by atoms with Crippen LogP contribution in [0.5, 0.6) is 0 Å². The molecule has 2 saturated heterocycles. The van der Waals surface area contributed by atoms with E-state index in [0.717, 1.165) is 49.2 Å². The molecule has 2 aliphatic heterocycles. The van der Waals surface area contributed by atoms with E-state index in [1.165, 1.54) is 0 Å². The van der Waals surface area contributed by atoms with E-state index >= 15 is 0 Å². The van der Waals surface area contributed by atoms with Gasteiger partial charge in [-0.1, -0.05) is 11.6 Å². The van der Waals surface area contributed by atoms with Crippen molar-refractivity contribution in [3.63, 3.8) is 0 Å². The fourth-order valence-corrected chi connectivity index (χ4v) is 4.68. The molecule has 150 valence electrons. The number of anilines is 2. The van der Waals surface area contributed by atoms with Crippen molar-refractivity contribution < 1.29 is 9.53 Å². The molecular weight excluding hydrogens is 398 g/mol. The summed E-state index contributed by atoms with van der Waals surface area (Å²) in [5.41, 5.74) is 1.59. The number of morpholine rings is 1. The van der Waals surface area contributed by atoms with Gasteiger partial charge in [0.15, 0.2) is 5.13 Å². The number of halogens is 1. The predicted octanol–water partition coefficient (Wildman–Crippen LogP) is 2.69. The quantitative estimate of drug-likeness (QED) is 0.759. The smallest absolute Gasteiger partial charge is 0.255 e. The summed E-state index contributed by atoms with van der Waals surface area (Å²) in [5, 5.41) is 3.68. The zero-order valence-electron chi connectivity index (χ0n) is 15.9. The Balaban J connectivity index is 1.44. The topological polar surface area (TPSA) is 61.8 Å². The molecule has 9 heteroatoms. The summed E-state index contributed by atoms with van der Waals surface area (Å²) < 4.78 is 5.31. The summed E-state index contributed by atoms with van der Waals surface area (Å²) in [7, 11) is 0. The first-order valence-electron chi connectivity index (χ1n) is 9.56. The molecule has 2 aromatic rings. The summed E-state index contributed by atoms with van der Waals surface area (Å²) in [5.74, 6) is 0.711. The molecule has 0 N–H and O–H groups in total. The number of hydrogen-bond donors (Lipinski definition) is 0. The molecule has 0 radical (unpaired) electrons. The van der Waals surface area contributed by atoms with Gasteiger partial charge in [0, 0.05) is 50.8 Å². The van der Waals surface area contributed by atoms with Crippen molar-refractivity contribution in [1.29, 1.82) is 0 Å². The van der Waals surface area contributed by atoms with Gasteiger partial charge in [0.2, 0.25) is 0 Å². The highest BCUT2D eigenvalue weighted by molar-refractivity contribution is 7.13. The van der Waals surface area contributed by atoms with Crippen molar-refractivity contribution in [2.75, 3.05) is 62.3 Å². The number of nitrogens with zero attached hydrogens (tertiary/aromatic N) is 5. The highest BCUT2D eigenvalue weighted by Crippen LogP contribution is 2.27. The molecule has 1 amide bonds. The molecule has 0 aromatic carbocycles. The summed E-state index contributed by atoms with van der Waals surface area (Å²) in [6.45, 7) is 7.93. The molecule has 2 aromatic heterocycles. The van der Waals surface area contributed by atoms with Crippen LogP contribution in [0.4, 0.5) is 10.9 Å². The lowest BCUT2D eigenvalue weighted by atomic mass is 10.2. The second-order valence-corrected chi connectivity index (χ2v) is 8.28. The van der Waals surface area contributed by atoms with Crippen LogP contribution < -0.4 is 9.80 Å². The largest absolute Gasteiger partial charge is 0.378 e. The van der Waals surface area contributed by atoms with Crippen LogP contribution in [0.25, 0.3) is 0 Å². The summed E-state index contributed by atoms with van der Waals surface area (Å²) in [4.78, 5) is 28.1. The number of pyridine rings is 1.